The van der Waals surface area contributed by atoms with Gasteiger partial charge in [0, 0.05) is 17.3 Å². The number of nitrogens with zero attached hydrogens (tertiary/aromatic N) is 2. The quantitative estimate of drug-likeness (QED) is 0.801. The Morgan fingerprint density at radius 2 is 1.90 bits per heavy atom. The Balaban J connectivity index is 1.77. The van der Waals surface area contributed by atoms with Crippen molar-refractivity contribution in [2.45, 2.75) is 30.1 Å². The van der Waals surface area contributed by atoms with Crippen LogP contribution in [0.1, 0.15) is 51.5 Å². The zero-order chi connectivity index (χ0) is 20.6. The molecule has 1 aromatic heterocycles. The van der Waals surface area contributed by atoms with E-state index in [-0.39, 0.29) is 28.2 Å². The maximum atomic E-state index is 13.0. The minimum atomic E-state index is -4.12. The SMILES string of the molecule is NS(=O)(=O)c1cccc2c1C(=O)CC(=Nc1cnccc1C1CCSCC1)C2=O. The molecule has 2 aromatic rings. The fourth-order valence-electron chi connectivity index (χ4n) is 3.80. The maximum Gasteiger partial charge on any atom is 0.238 e. The number of thioether (sulfide) groups is 1. The van der Waals surface area contributed by atoms with E-state index >= 15 is 0 Å². The van der Waals surface area contributed by atoms with E-state index in [1.54, 1.807) is 12.4 Å². The number of rotatable bonds is 3. The van der Waals surface area contributed by atoms with Crippen molar-refractivity contribution in [2.75, 3.05) is 11.5 Å². The van der Waals surface area contributed by atoms with Gasteiger partial charge in [0.05, 0.1) is 28.9 Å². The number of hydrogen-bond donors (Lipinski definition) is 1. The molecule has 1 saturated heterocycles. The van der Waals surface area contributed by atoms with Crippen LogP contribution in [0.25, 0.3) is 0 Å². The molecule has 2 aliphatic rings. The molecule has 29 heavy (non-hydrogen) atoms. The summed E-state index contributed by atoms with van der Waals surface area (Å²) in [6, 6.07) is 5.99. The van der Waals surface area contributed by atoms with Crippen LogP contribution in [0.5, 0.6) is 0 Å². The summed E-state index contributed by atoms with van der Waals surface area (Å²) in [7, 11) is -4.12. The molecule has 0 spiro atoms. The molecule has 1 aromatic carbocycles. The van der Waals surface area contributed by atoms with Crippen LogP contribution in [0.4, 0.5) is 5.69 Å². The number of benzene rings is 1. The third kappa shape index (κ3) is 3.90. The summed E-state index contributed by atoms with van der Waals surface area (Å²) in [5.41, 5.74) is 1.58. The predicted octanol–water partition coefficient (Wildman–Crippen LogP) is 2.88. The Labute approximate surface area is 172 Å². The third-order valence-corrected chi connectivity index (χ3v) is 7.20. The van der Waals surface area contributed by atoms with Gasteiger partial charge in [0.15, 0.2) is 5.78 Å². The number of aromatic nitrogens is 1. The van der Waals surface area contributed by atoms with E-state index in [2.05, 4.69) is 9.98 Å². The summed E-state index contributed by atoms with van der Waals surface area (Å²) in [5.74, 6) is 1.55. The van der Waals surface area contributed by atoms with Gasteiger partial charge in [-0.05, 0) is 48.0 Å². The number of aliphatic imine (C=N–C) groups is 1. The first-order chi connectivity index (χ1) is 13.9. The van der Waals surface area contributed by atoms with E-state index in [9.17, 15) is 18.0 Å². The number of hydrogen-bond acceptors (Lipinski definition) is 7. The average molecular weight is 430 g/mol. The molecule has 4 rings (SSSR count). The number of carbonyl (C=O) groups excluding carboxylic acids is 2. The van der Waals surface area contributed by atoms with E-state index in [0.717, 1.165) is 29.9 Å². The Kier molecular flexibility index (Phi) is 5.37. The summed E-state index contributed by atoms with van der Waals surface area (Å²) in [4.78, 5) is 34.0. The van der Waals surface area contributed by atoms with Crippen molar-refractivity contribution in [3.05, 3.63) is 53.3 Å². The molecule has 2 N–H and O–H groups in total. The van der Waals surface area contributed by atoms with Crippen molar-refractivity contribution in [1.82, 2.24) is 4.98 Å². The summed E-state index contributed by atoms with van der Waals surface area (Å²) in [5, 5.41) is 5.22. The van der Waals surface area contributed by atoms with Crippen LogP contribution in [-0.4, -0.2) is 42.2 Å². The van der Waals surface area contributed by atoms with Crippen LogP contribution in [0.3, 0.4) is 0 Å². The Hall–Kier alpha value is -2.36. The summed E-state index contributed by atoms with van der Waals surface area (Å²) in [6.45, 7) is 0. The highest BCUT2D eigenvalue weighted by Gasteiger charge is 2.34. The number of pyridine rings is 1. The van der Waals surface area contributed by atoms with Crippen LogP contribution in [0.15, 0.2) is 46.5 Å². The lowest BCUT2D eigenvalue weighted by molar-refractivity contribution is 0.0962. The van der Waals surface area contributed by atoms with E-state index in [4.69, 9.17) is 5.14 Å². The molecule has 0 saturated carbocycles. The van der Waals surface area contributed by atoms with Gasteiger partial charge in [-0.1, -0.05) is 12.1 Å². The molecule has 9 heteroatoms. The number of ketones is 2. The highest BCUT2D eigenvalue weighted by molar-refractivity contribution is 7.99. The van der Waals surface area contributed by atoms with Gasteiger partial charge >= 0.3 is 0 Å². The molecule has 1 aliphatic heterocycles. The van der Waals surface area contributed by atoms with Gasteiger partial charge in [-0.2, -0.15) is 11.8 Å². The molecule has 150 valence electrons. The molecule has 0 bridgehead atoms. The molecule has 0 radical (unpaired) electrons. The fraction of sp³-hybridized carbons (Fsp3) is 0.300. The second kappa shape index (κ2) is 7.81. The first-order valence-electron chi connectivity index (χ1n) is 9.19. The Bertz CT molecular complexity index is 1140. The van der Waals surface area contributed by atoms with Gasteiger partial charge in [-0.15, -0.1) is 0 Å². The number of sulfonamides is 1. The Morgan fingerprint density at radius 1 is 1.14 bits per heavy atom. The van der Waals surface area contributed by atoms with Crippen molar-refractivity contribution < 1.29 is 18.0 Å². The molecule has 2 heterocycles. The first-order valence-corrected chi connectivity index (χ1v) is 11.9. The zero-order valence-electron chi connectivity index (χ0n) is 15.5. The molecule has 0 amide bonds. The lowest BCUT2D eigenvalue weighted by Gasteiger charge is -2.23. The number of Topliss-reactive ketones (excluding diaryl/α,β-unsaturated/α-hetero) is 2. The van der Waals surface area contributed by atoms with Gasteiger partial charge in [0.1, 0.15) is 0 Å². The second-order valence-electron chi connectivity index (χ2n) is 7.03. The lowest BCUT2D eigenvalue weighted by atomic mass is 9.87. The van der Waals surface area contributed by atoms with Crippen molar-refractivity contribution in [3.63, 3.8) is 0 Å². The minimum Gasteiger partial charge on any atom is -0.294 e. The van der Waals surface area contributed by atoms with Crippen molar-refractivity contribution in [1.29, 1.82) is 0 Å². The van der Waals surface area contributed by atoms with E-state index in [1.807, 2.05) is 17.8 Å². The zero-order valence-corrected chi connectivity index (χ0v) is 17.1. The van der Waals surface area contributed by atoms with Crippen LogP contribution in [0, 0.1) is 0 Å². The monoisotopic (exact) mass is 429 g/mol. The molecule has 0 atom stereocenters. The average Bonchev–Trinajstić information content (AvgIpc) is 2.72. The molecular formula is C20H19N3O4S2. The van der Waals surface area contributed by atoms with Crippen molar-refractivity contribution in [2.24, 2.45) is 10.1 Å². The van der Waals surface area contributed by atoms with E-state index in [0.29, 0.717) is 11.6 Å². The largest absolute Gasteiger partial charge is 0.294 e. The second-order valence-corrected chi connectivity index (χ2v) is 9.79. The molecular weight excluding hydrogens is 410 g/mol. The third-order valence-electron chi connectivity index (χ3n) is 5.20. The highest BCUT2D eigenvalue weighted by atomic mass is 32.2. The standard InChI is InChI=1S/C20H19N3O4S2/c21-29(26,27)18-3-1-2-14-19(18)17(24)10-15(20(14)25)23-16-11-22-7-4-13(16)12-5-8-28-9-6-12/h1-4,7,11-12H,5-6,8-10H2,(H2,21,26,27). The lowest BCUT2D eigenvalue weighted by Crippen LogP contribution is -2.30. The first kappa shape index (κ1) is 19.9. The fourth-order valence-corrected chi connectivity index (χ4v) is 5.68. The maximum absolute atomic E-state index is 13.0. The normalized spacial score (nSPS) is 19.4. The van der Waals surface area contributed by atoms with E-state index in [1.165, 1.54) is 18.2 Å². The van der Waals surface area contributed by atoms with Gasteiger partial charge in [-0.25, -0.2) is 18.5 Å². The number of carbonyl (C=O) groups is 2. The number of primary sulfonamides is 1. The molecule has 0 unspecified atom stereocenters. The summed E-state index contributed by atoms with van der Waals surface area (Å²) >= 11 is 1.92. The minimum absolute atomic E-state index is 0.0195. The summed E-state index contributed by atoms with van der Waals surface area (Å²) in [6.07, 6.45) is 5.10. The van der Waals surface area contributed by atoms with Crippen LogP contribution < -0.4 is 5.14 Å². The predicted molar refractivity (Wildman–Crippen MR) is 112 cm³/mol. The van der Waals surface area contributed by atoms with Crippen molar-refractivity contribution in [3.8, 4) is 0 Å². The topological polar surface area (TPSA) is 120 Å². The molecule has 7 nitrogen and oxygen atoms in total. The number of nitrogens with two attached hydrogens (primary N) is 1. The van der Waals surface area contributed by atoms with E-state index < -0.39 is 21.6 Å². The number of fused-ring (bicyclic) bond motifs is 1. The Morgan fingerprint density at radius 3 is 2.62 bits per heavy atom. The van der Waals surface area contributed by atoms with Gasteiger partial charge in [0.25, 0.3) is 0 Å². The molecule has 1 aliphatic carbocycles. The van der Waals surface area contributed by atoms with Crippen LogP contribution in [0.2, 0.25) is 0 Å². The van der Waals surface area contributed by atoms with Crippen molar-refractivity contribution >= 4 is 44.8 Å². The van der Waals surface area contributed by atoms with Gasteiger partial charge in [-0.3, -0.25) is 14.6 Å². The van der Waals surface area contributed by atoms with Crippen LogP contribution >= 0.6 is 11.8 Å². The summed E-state index contributed by atoms with van der Waals surface area (Å²) < 4.78 is 23.6. The van der Waals surface area contributed by atoms with Gasteiger partial charge in [0.2, 0.25) is 15.8 Å². The highest BCUT2D eigenvalue weighted by Crippen LogP contribution is 2.37. The van der Waals surface area contributed by atoms with Gasteiger partial charge < -0.3 is 0 Å². The smallest absolute Gasteiger partial charge is 0.238 e. The molecule has 1 fully saturated rings. The van der Waals surface area contributed by atoms with Crippen LogP contribution in [-0.2, 0) is 10.0 Å².